The quantitative estimate of drug-likeness (QED) is 0.765. The molecule has 0 bridgehead atoms. The van der Waals surface area contributed by atoms with Gasteiger partial charge in [-0.2, -0.15) is 0 Å². The maximum absolute atomic E-state index is 5.89. The van der Waals surface area contributed by atoms with Gasteiger partial charge in [-0.25, -0.2) is 0 Å². The van der Waals surface area contributed by atoms with Crippen LogP contribution in [0.25, 0.3) is 0 Å². The van der Waals surface area contributed by atoms with E-state index in [1.54, 1.807) is 11.8 Å². The molecule has 2 rings (SSSR count). The van der Waals surface area contributed by atoms with Gasteiger partial charge in [-0.15, -0.1) is 0 Å². The first kappa shape index (κ1) is 14.1. The van der Waals surface area contributed by atoms with Crippen LogP contribution in [0.4, 0.5) is 0 Å². The zero-order valence-electron chi connectivity index (χ0n) is 9.86. The Bertz CT molecular complexity index is 555. The molecule has 0 saturated carbocycles. The summed E-state index contributed by atoms with van der Waals surface area (Å²) in [5.74, 6) is 0. The summed E-state index contributed by atoms with van der Waals surface area (Å²) < 4.78 is 2.16. The number of hydrogen-bond acceptors (Lipinski definition) is 2. The second kappa shape index (κ2) is 6.24. The monoisotopic (exact) mass is 385 g/mol. The number of benzene rings is 2. The van der Waals surface area contributed by atoms with E-state index in [1.165, 1.54) is 9.79 Å². The standard InChI is InChI=1S/C14H13Br2NS/c1-9(17)13-6-5-12(8-14(13)16)18-11-4-2-3-10(15)7-11/h2-9H,17H2,1H3. The lowest BCUT2D eigenvalue weighted by atomic mass is 10.1. The van der Waals surface area contributed by atoms with E-state index in [9.17, 15) is 0 Å². The van der Waals surface area contributed by atoms with Gasteiger partial charge in [0.25, 0.3) is 0 Å². The molecule has 1 atom stereocenters. The minimum atomic E-state index is 0.0456. The summed E-state index contributed by atoms with van der Waals surface area (Å²) in [4.78, 5) is 2.41. The highest BCUT2D eigenvalue weighted by Crippen LogP contribution is 2.33. The molecular weight excluding hydrogens is 374 g/mol. The maximum atomic E-state index is 5.89. The Labute approximate surface area is 128 Å². The Balaban J connectivity index is 2.23. The van der Waals surface area contributed by atoms with Crippen LogP contribution in [0.5, 0.6) is 0 Å². The number of halogens is 2. The van der Waals surface area contributed by atoms with Crippen LogP contribution in [0.3, 0.4) is 0 Å². The summed E-state index contributed by atoms with van der Waals surface area (Å²) in [6, 6.07) is 14.6. The van der Waals surface area contributed by atoms with Crippen molar-refractivity contribution < 1.29 is 0 Å². The fourth-order valence-corrected chi connectivity index (χ4v) is 3.97. The van der Waals surface area contributed by atoms with Crippen LogP contribution in [-0.4, -0.2) is 0 Å². The largest absolute Gasteiger partial charge is 0.324 e. The lowest BCUT2D eigenvalue weighted by Gasteiger charge is -2.10. The van der Waals surface area contributed by atoms with Crippen molar-refractivity contribution in [2.24, 2.45) is 5.73 Å². The van der Waals surface area contributed by atoms with E-state index in [4.69, 9.17) is 5.73 Å². The van der Waals surface area contributed by atoms with E-state index < -0.39 is 0 Å². The van der Waals surface area contributed by atoms with Crippen molar-refractivity contribution in [2.45, 2.75) is 22.8 Å². The molecule has 1 unspecified atom stereocenters. The third-order valence-electron chi connectivity index (χ3n) is 2.49. The van der Waals surface area contributed by atoms with E-state index in [1.807, 2.05) is 19.1 Å². The van der Waals surface area contributed by atoms with Crippen molar-refractivity contribution in [3.05, 3.63) is 57.0 Å². The number of hydrogen-bond donors (Lipinski definition) is 1. The highest BCUT2D eigenvalue weighted by atomic mass is 79.9. The first-order chi connectivity index (χ1) is 8.56. The summed E-state index contributed by atoms with van der Waals surface area (Å²) in [6.45, 7) is 1.99. The number of rotatable bonds is 3. The minimum absolute atomic E-state index is 0.0456. The molecule has 2 N–H and O–H groups in total. The molecule has 0 fully saturated rings. The summed E-state index contributed by atoms with van der Waals surface area (Å²) in [5, 5.41) is 0. The second-order valence-electron chi connectivity index (χ2n) is 4.03. The van der Waals surface area contributed by atoms with Crippen LogP contribution in [-0.2, 0) is 0 Å². The Kier molecular flexibility index (Phi) is 4.90. The highest BCUT2D eigenvalue weighted by Gasteiger charge is 2.06. The predicted molar refractivity (Wildman–Crippen MR) is 85.0 cm³/mol. The highest BCUT2D eigenvalue weighted by molar-refractivity contribution is 9.10. The van der Waals surface area contributed by atoms with Crippen molar-refractivity contribution in [3.8, 4) is 0 Å². The van der Waals surface area contributed by atoms with Crippen molar-refractivity contribution in [3.63, 3.8) is 0 Å². The van der Waals surface area contributed by atoms with Gasteiger partial charge in [0.2, 0.25) is 0 Å². The van der Waals surface area contributed by atoms with Gasteiger partial charge < -0.3 is 5.73 Å². The Morgan fingerprint density at radius 1 is 1.06 bits per heavy atom. The lowest BCUT2D eigenvalue weighted by molar-refractivity contribution is 0.811. The summed E-state index contributed by atoms with van der Waals surface area (Å²) in [7, 11) is 0. The minimum Gasteiger partial charge on any atom is -0.324 e. The van der Waals surface area contributed by atoms with Crippen LogP contribution in [0, 0.1) is 0 Å². The molecule has 0 aromatic heterocycles. The average Bonchev–Trinajstić information content (AvgIpc) is 2.28. The summed E-state index contributed by atoms with van der Waals surface area (Å²) in [6.07, 6.45) is 0. The molecule has 94 valence electrons. The van der Waals surface area contributed by atoms with Gasteiger partial charge in [0.1, 0.15) is 0 Å². The van der Waals surface area contributed by atoms with Gasteiger partial charge in [-0.3, -0.25) is 0 Å². The SMILES string of the molecule is CC(N)c1ccc(Sc2cccc(Br)c2)cc1Br. The zero-order valence-corrected chi connectivity index (χ0v) is 13.8. The van der Waals surface area contributed by atoms with E-state index >= 15 is 0 Å². The fraction of sp³-hybridized carbons (Fsp3) is 0.143. The first-order valence-corrected chi connectivity index (χ1v) is 7.95. The molecule has 2 aromatic carbocycles. The molecule has 2 aromatic rings. The molecule has 0 heterocycles. The molecule has 0 saturated heterocycles. The van der Waals surface area contributed by atoms with Gasteiger partial charge in [-0.05, 0) is 42.8 Å². The number of nitrogens with two attached hydrogens (primary N) is 1. The van der Waals surface area contributed by atoms with Crippen LogP contribution < -0.4 is 5.73 Å². The smallest absolute Gasteiger partial charge is 0.0277 e. The molecule has 0 aliphatic heterocycles. The molecule has 0 aliphatic rings. The molecule has 0 aliphatic carbocycles. The van der Waals surface area contributed by atoms with E-state index in [0.717, 1.165) is 14.5 Å². The molecule has 0 amide bonds. The van der Waals surface area contributed by atoms with Crippen LogP contribution in [0.2, 0.25) is 0 Å². The van der Waals surface area contributed by atoms with Crippen LogP contribution in [0.1, 0.15) is 18.5 Å². The Morgan fingerprint density at radius 2 is 1.78 bits per heavy atom. The summed E-state index contributed by atoms with van der Waals surface area (Å²) >= 11 is 8.79. The van der Waals surface area contributed by atoms with Crippen LogP contribution >= 0.6 is 43.6 Å². The summed E-state index contributed by atoms with van der Waals surface area (Å²) in [5.41, 5.74) is 7.03. The van der Waals surface area contributed by atoms with Gasteiger partial charge in [0.05, 0.1) is 0 Å². The van der Waals surface area contributed by atoms with Gasteiger partial charge in [-0.1, -0.05) is 55.8 Å². The molecule has 1 nitrogen and oxygen atoms in total. The third kappa shape index (κ3) is 3.60. The second-order valence-corrected chi connectivity index (χ2v) is 6.95. The van der Waals surface area contributed by atoms with Crippen molar-refractivity contribution in [1.29, 1.82) is 0 Å². The van der Waals surface area contributed by atoms with Gasteiger partial charge in [0, 0.05) is 24.8 Å². The van der Waals surface area contributed by atoms with Crippen molar-refractivity contribution in [2.75, 3.05) is 0 Å². The first-order valence-electron chi connectivity index (χ1n) is 5.54. The topological polar surface area (TPSA) is 26.0 Å². The average molecular weight is 387 g/mol. The van der Waals surface area contributed by atoms with Gasteiger partial charge >= 0.3 is 0 Å². The van der Waals surface area contributed by atoms with Gasteiger partial charge in [0.15, 0.2) is 0 Å². The molecular formula is C14H13Br2NS. The fourth-order valence-electron chi connectivity index (χ4n) is 1.61. The van der Waals surface area contributed by atoms with E-state index in [2.05, 4.69) is 62.2 Å². The lowest BCUT2D eigenvalue weighted by Crippen LogP contribution is -2.05. The zero-order chi connectivity index (χ0) is 13.1. The van der Waals surface area contributed by atoms with Crippen molar-refractivity contribution in [1.82, 2.24) is 0 Å². The van der Waals surface area contributed by atoms with Crippen molar-refractivity contribution >= 4 is 43.6 Å². The molecule has 4 heteroatoms. The van der Waals surface area contributed by atoms with E-state index in [-0.39, 0.29) is 6.04 Å². The third-order valence-corrected chi connectivity index (χ3v) is 4.65. The molecule has 0 radical (unpaired) electrons. The molecule has 18 heavy (non-hydrogen) atoms. The van der Waals surface area contributed by atoms with Crippen LogP contribution in [0.15, 0.2) is 61.2 Å². The predicted octanol–water partition coefficient (Wildman–Crippen LogP) is 5.38. The Hall–Kier alpha value is -0.290. The Morgan fingerprint density at radius 3 is 2.39 bits per heavy atom. The normalized spacial score (nSPS) is 12.4. The molecule has 0 spiro atoms. The van der Waals surface area contributed by atoms with E-state index in [0.29, 0.717) is 0 Å². The maximum Gasteiger partial charge on any atom is 0.0277 e.